The van der Waals surface area contributed by atoms with Gasteiger partial charge in [-0.15, -0.1) is 0 Å². The maximum absolute atomic E-state index is 9.38. The zero-order chi connectivity index (χ0) is 12.2. The molecule has 0 aromatic carbocycles. The van der Waals surface area contributed by atoms with Gasteiger partial charge in [0, 0.05) is 25.7 Å². The topological polar surface area (TPSA) is 38.7 Å². The van der Waals surface area contributed by atoms with E-state index in [0.717, 1.165) is 38.9 Å². The molecule has 0 fully saturated rings. The summed E-state index contributed by atoms with van der Waals surface area (Å²) in [5.41, 5.74) is 0. The van der Waals surface area contributed by atoms with Crippen LogP contribution in [0, 0.1) is 5.92 Å². The summed E-state index contributed by atoms with van der Waals surface area (Å²) in [6, 6.07) is 0. The molecule has 3 nitrogen and oxygen atoms in total. The standard InChI is InChI=1S/C13H28O3/c1-4-9-15-10-7-5-6-8-11-16-13(14)12(2)3/h12-14H,4-11H2,1-3H3. The maximum Gasteiger partial charge on any atom is 0.156 e. The quantitative estimate of drug-likeness (QED) is 0.439. The first-order chi connectivity index (χ1) is 7.68. The zero-order valence-electron chi connectivity index (χ0n) is 11.1. The Hall–Kier alpha value is -0.120. The fraction of sp³-hybridized carbons (Fsp3) is 1.00. The molecule has 1 atom stereocenters. The van der Waals surface area contributed by atoms with Gasteiger partial charge in [0.05, 0.1) is 0 Å². The molecule has 0 aromatic heterocycles. The van der Waals surface area contributed by atoms with Crippen LogP contribution >= 0.6 is 0 Å². The lowest BCUT2D eigenvalue weighted by molar-refractivity contribution is -0.126. The Morgan fingerprint density at radius 2 is 1.56 bits per heavy atom. The summed E-state index contributed by atoms with van der Waals surface area (Å²) in [7, 11) is 0. The lowest BCUT2D eigenvalue weighted by Gasteiger charge is -2.14. The Morgan fingerprint density at radius 1 is 0.938 bits per heavy atom. The van der Waals surface area contributed by atoms with Crippen LogP contribution in [0.15, 0.2) is 0 Å². The minimum absolute atomic E-state index is 0.183. The van der Waals surface area contributed by atoms with Crippen molar-refractivity contribution < 1.29 is 14.6 Å². The lowest BCUT2D eigenvalue weighted by atomic mass is 10.2. The highest BCUT2D eigenvalue weighted by atomic mass is 16.6. The van der Waals surface area contributed by atoms with Crippen LogP contribution in [0.2, 0.25) is 0 Å². The summed E-state index contributed by atoms with van der Waals surface area (Å²) in [5.74, 6) is 0.183. The predicted molar refractivity (Wildman–Crippen MR) is 66.4 cm³/mol. The van der Waals surface area contributed by atoms with Gasteiger partial charge < -0.3 is 14.6 Å². The highest BCUT2D eigenvalue weighted by Crippen LogP contribution is 2.05. The maximum atomic E-state index is 9.38. The van der Waals surface area contributed by atoms with Gasteiger partial charge in [0.15, 0.2) is 6.29 Å². The average molecular weight is 232 g/mol. The number of aliphatic hydroxyl groups is 1. The molecular formula is C13H28O3. The third-order valence-electron chi connectivity index (χ3n) is 2.39. The van der Waals surface area contributed by atoms with Gasteiger partial charge in [-0.25, -0.2) is 0 Å². The van der Waals surface area contributed by atoms with Crippen LogP contribution in [-0.2, 0) is 9.47 Å². The van der Waals surface area contributed by atoms with Gasteiger partial charge in [0.2, 0.25) is 0 Å². The fourth-order valence-corrected chi connectivity index (χ4v) is 1.30. The summed E-state index contributed by atoms with van der Waals surface area (Å²) < 4.78 is 10.7. The second-order valence-electron chi connectivity index (χ2n) is 4.53. The fourth-order valence-electron chi connectivity index (χ4n) is 1.30. The number of unbranched alkanes of at least 4 members (excludes halogenated alkanes) is 3. The number of rotatable bonds is 11. The van der Waals surface area contributed by atoms with E-state index in [4.69, 9.17) is 9.47 Å². The summed E-state index contributed by atoms with van der Waals surface area (Å²) in [5, 5.41) is 9.38. The molecule has 0 saturated heterocycles. The molecule has 0 aliphatic heterocycles. The molecule has 0 spiro atoms. The molecule has 0 bridgehead atoms. The van der Waals surface area contributed by atoms with Gasteiger partial charge >= 0.3 is 0 Å². The minimum atomic E-state index is -0.604. The second kappa shape index (κ2) is 11.4. The van der Waals surface area contributed by atoms with E-state index >= 15 is 0 Å². The lowest BCUT2D eigenvalue weighted by Crippen LogP contribution is -2.19. The first-order valence-corrected chi connectivity index (χ1v) is 6.56. The molecule has 1 unspecified atom stereocenters. The van der Waals surface area contributed by atoms with Crippen LogP contribution in [0.25, 0.3) is 0 Å². The molecule has 0 aliphatic carbocycles. The molecule has 3 heteroatoms. The van der Waals surface area contributed by atoms with Gasteiger partial charge in [-0.05, 0) is 19.3 Å². The van der Waals surface area contributed by atoms with E-state index in [-0.39, 0.29) is 5.92 Å². The SMILES string of the molecule is CCCOCCCCCCOC(O)C(C)C. The van der Waals surface area contributed by atoms with Gasteiger partial charge in [-0.3, -0.25) is 0 Å². The van der Waals surface area contributed by atoms with Gasteiger partial charge in [-0.2, -0.15) is 0 Å². The average Bonchev–Trinajstić information content (AvgIpc) is 2.26. The van der Waals surface area contributed by atoms with Crippen LogP contribution in [0.4, 0.5) is 0 Å². The molecule has 98 valence electrons. The Labute approximate surface area is 100 Å². The van der Waals surface area contributed by atoms with Crippen molar-refractivity contribution in [2.24, 2.45) is 5.92 Å². The predicted octanol–water partition coefficient (Wildman–Crippen LogP) is 2.96. The van der Waals surface area contributed by atoms with Crippen molar-refractivity contribution in [3.05, 3.63) is 0 Å². The van der Waals surface area contributed by atoms with Crippen LogP contribution < -0.4 is 0 Å². The molecule has 16 heavy (non-hydrogen) atoms. The number of hydrogen-bond donors (Lipinski definition) is 1. The van der Waals surface area contributed by atoms with Crippen LogP contribution in [0.1, 0.15) is 52.9 Å². The molecule has 0 saturated carbocycles. The summed E-state index contributed by atoms with van der Waals surface area (Å²) in [6.45, 7) is 8.45. The van der Waals surface area contributed by atoms with E-state index in [1.54, 1.807) is 0 Å². The van der Waals surface area contributed by atoms with Crippen molar-refractivity contribution in [3.63, 3.8) is 0 Å². The molecule has 0 heterocycles. The number of ether oxygens (including phenoxy) is 2. The molecule has 0 radical (unpaired) electrons. The third-order valence-corrected chi connectivity index (χ3v) is 2.39. The second-order valence-corrected chi connectivity index (χ2v) is 4.53. The van der Waals surface area contributed by atoms with Crippen LogP contribution in [0.3, 0.4) is 0 Å². The van der Waals surface area contributed by atoms with Crippen molar-refractivity contribution in [1.29, 1.82) is 0 Å². The minimum Gasteiger partial charge on any atom is -0.381 e. The van der Waals surface area contributed by atoms with Crippen molar-refractivity contribution >= 4 is 0 Å². The third kappa shape index (κ3) is 10.4. The van der Waals surface area contributed by atoms with E-state index in [9.17, 15) is 5.11 Å². The van der Waals surface area contributed by atoms with Crippen LogP contribution in [0.5, 0.6) is 0 Å². The van der Waals surface area contributed by atoms with Crippen LogP contribution in [-0.4, -0.2) is 31.2 Å². The van der Waals surface area contributed by atoms with Crippen molar-refractivity contribution in [2.75, 3.05) is 19.8 Å². The Bertz CT molecular complexity index is 137. The molecule has 0 aromatic rings. The number of aliphatic hydroxyl groups excluding tert-OH is 1. The van der Waals surface area contributed by atoms with E-state index < -0.39 is 6.29 Å². The molecule has 0 aliphatic rings. The molecule has 1 N–H and O–H groups in total. The first-order valence-electron chi connectivity index (χ1n) is 6.56. The van der Waals surface area contributed by atoms with Crippen molar-refractivity contribution in [3.8, 4) is 0 Å². The van der Waals surface area contributed by atoms with Crippen molar-refractivity contribution in [1.82, 2.24) is 0 Å². The summed E-state index contributed by atoms with van der Waals surface area (Å²) >= 11 is 0. The van der Waals surface area contributed by atoms with E-state index in [1.807, 2.05) is 13.8 Å². The Morgan fingerprint density at radius 3 is 2.12 bits per heavy atom. The molecular weight excluding hydrogens is 204 g/mol. The van der Waals surface area contributed by atoms with E-state index in [1.165, 1.54) is 6.42 Å². The Balaban J connectivity index is 3.04. The smallest absolute Gasteiger partial charge is 0.156 e. The largest absolute Gasteiger partial charge is 0.381 e. The van der Waals surface area contributed by atoms with E-state index in [0.29, 0.717) is 6.61 Å². The first kappa shape index (κ1) is 15.9. The molecule has 0 rings (SSSR count). The summed E-state index contributed by atoms with van der Waals surface area (Å²) in [4.78, 5) is 0. The number of hydrogen-bond acceptors (Lipinski definition) is 3. The van der Waals surface area contributed by atoms with Gasteiger partial charge in [0.25, 0.3) is 0 Å². The monoisotopic (exact) mass is 232 g/mol. The van der Waals surface area contributed by atoms with Crippen molar-refractivity contribution in [2.45, 2.75) is 59.2 Å². The van der Waals surface area contributed by atoms with Gasteiger partial charge in [0.1, 0.15) is 0 Å². The normalized spacial score (nSPS) is 13.3. The Kier molecular flexibility index (Phi) is 11.3. The van der Waals surface area contributed by atoms with Gasteiger partial charge in [-0.1, -0.05) is 33.6 Å². The molecule has 0 amide bonds. The summed E-state index contributed by atoms with van der Waals surface area (Å²) in [6.07, 6.45) is 4.99. The highest BCUT2D eigenvalue weighted by Gasteiger charge is 2.07. The highest BCUT2D eigenvalue weighted by molar-refractivity contribution is 4.48. The van der Waals surface area contributed by atoms with E-state index in [2.05, 4.69) is 6.92 Å². The zero-order valence-corrected chi connectivity index (χ0v) is 11.1.